The number of H-pyrrole nitrogens is 1. The predicted octanol–water partition coefficient (Wildman–Crippen LogP) is 5.55. The Morgan fingerprint density at radius 2 is 1.60 bits per heavy atom. The van der Waals surface area contributed by atoms with Gasteiger partial charge in [-0.15, -0.1) is 0 Å². The number of aromatic amines is 1. The molecule has 35 heavy (non-hydrogen) atoms. The second-order valence-electron chi connectivity index (χ2n) is 7.86. The minimum absolute atomic E-state index is 0.0228. The molecule has 0 aliphatic heterocycles. The van der Waals surface area contributed by atoms with Crippen LogP contribution in [0.5, 0.6) is 0 Å². The normalized spacial score (nSPS) is 11.3. The van der Waals surface area contributed by atoms with Crippen molar-refractivity contribution in [3.8, 4) is 28.5 Å². The highest BCUT2D eigenvalue weighted by Crippen LogP contribution is 2.29. The van der Waals surface area contributed by atoms with E-state index in [2.05, 4.69) is 21.6 Å². The van der Waals surface area contributed by atoms with Crippen LogP contribution >= 0.6 is 0 Å². The highest BCUT2D eigenvalue weighted by Gasteiger charge is 2.19. The van der Waals surface area contributed by atoms with E-state index in [1.165, 1.54) is 0 Å². The number of rotatable bonds is 7. The fraction of sp³-hybridized carbons (Fsp3) is 0.111. The van der Waals surface area contributed by atoms with Crippen molar-refractivity contribution in [2.75, 3.05) is 5.32 Å². The van der Waals surface area contributed by atoms with Gasteiger partial charge in [0.25, 0.3) is 0 Å². The molecule has 3 aromatic carbocycles. The maximum Gasteiger partial charge on any atom is 0.413 e. The molecular weight excluding hydrogens is 444 g/mol. The van der Waals surface area contributed by atoms with Crippen molar-refractivity contribution < 1.29 is 19.4 Å². The van der Waals surface area contributed by atoms with Crippen molar-refractivity contribution in [1.29, 1.82) is 5.26 Å². The van der Waals surface area contributed by atoms with Crippen LogP contribution in [0.15, 0.2) is 78.9 Å². The average molecular weight is 466 g/mol. The molecule has 0 aliphatic carbocycles. The maximum absolute atomic E-state index is 12.4. The van der Waals surface area contributed by atoms with Gasteiger partial charge in [-0.2, -0.15) is 10.4 Å². The molecule has 3 N–H and O–H groups in total. The molecule has 0 saturated heterocycles. The number of carboxylic acids is 1. The molecule has 174 valence electrons. The van der Waals surface area contributed by atoms with Gasteiger partial charge < -0.3 is 9.84 Å². The molecule has 0 aliphatic rings. The lowest BCUT2D eigenvalue weighted by molar-refractivity contribution is -0.136. The topological polar surface area (TPSA) is 128 Å². The summed E-state index contributed by atoms with van der Waals surface area (Å²) in [6, 6.07) is 26.2. The van der Waals surface area contributed by atoms with Crippen molar-refractivity contribution in [3.05, 3.63) is 95.6 Å². The van der Waals surface area contributed by atoms with Crippen molar-refractivity contribution in [1.82, 2.24) is 10.2 Å². The van der Waals surface area contributed by atoms with E-state index in [0.717, 1.165) is 27.8 Å². The molecule has 1 aromatic heterocycles. The standard InChI is InChI=1S/C27H22N4O4/c1-17(19-5-3-2-4-6-19)35-27(34)29-26-23(16-28)25(30-31-26)22-13-11-21(12-14-22)20-9-7-18(8-10-20)15-24(32)33/h2-14,17H,15H2,1H3,(H,32,33)(H2,29,30,31,34). The predicted molar refractivity (Wildman–Crippen MR) is 130 cm³/mol. The number of aliphatic carboxylic acids is 1. The van der Waals surface area contributed by atoms with E-state index in [1.54, 1.807) is 19.1 Å². The number of nitrogens with one attached hydrogen (secondary N) is 2. The average Bonchev–Trinajstić information content (AvgIpc) is 3.27. The Hall–Kier alpha value is -4.90. The number of carbonyl (C=O) groups is 2. The van der Waals surface area contributed by atoms with Crippen LogP contribution in [-0.2, 0) is 16.0 Å². The zero-order chi connectivity index (χ0) is 24.8. The fourth-order valence-electron chi connectivity index (χ4n) is 3.65. The van der Waals surface area contributed by atoms with Gasteiger partial charge in [0, 0.05) is 5.56 Å². The summed E-state index contributed by atoms with van der Waals surface area (Å²) in [5, 5.41) is 28.1. The van der Waals surface area contributed by atoms with Crippen LogP contribution in [0.3, 0.4) is 0 Å². The summed E-state index contributed by atoms with van der Waals surface area (Å²) in [6.07, 6.45) is -1.20. The van der Waals surface area contributed by atoms with Gasteiger partial charge in [0.1, 0.15) is 17.7 Å². The number of nitriles is 1. The third-order valence-electron chi connectivity index (χ3n) is 5.47. The number of benzene rings is 3. The van der Waals surface area contributed by atoms with Gasteiger partial charge in [0.2, 0.25) is 0 Å². The molecular formula is C27H22N4O4. The minimum atomic E-state index is -0.872. The fourth-order valence-corrected chi connectivity index (χ4v) is 3.65. The molecule has 4 aromatic rings. The number of carbonyl (C=O) groups excluding carboxylic acids is 1. The number of aromatic nitrogens is 2. The van der Waals surface area contributed by atoms with E-state index >= 15 is 0 Å². The van der Waals surface area contributed by atoms with E-state index in [1.807, 2.05) is 66.7 Å². The van der Waals surface area contributed by atoms with Crippen LogP contribution in [0.25, 0.3) is 22.4 Å². The quantitative estimate of drug-likeness (QED) is 0.327. The van der Waals surface area contributed by atoms with Gasteiger partial charge in [-0.25, -0.2) is 4.79 Å². The van der Waals surface area contributed by atoms with Gasteiger partial charge >= 0.3 is 12.1 Å². The van der Waals surface area contributed by atoms with Gasteiger partial charge in [0.05, 0.1) is 12.1 Å². The minimum Gasteiger partial charge on any atom is -0.481 e. The van der Waals surface area contributed by atoms with Gasteiger partial charge in [0.15, 0.2) is 5.82 Å². The van der Waals surface area contributed by atoms with E-state index in [4.69, 9.17) is 9.84 Å². The number of nitrogens with zero attached hydrogens (tertiary/aromatic N) is 2. The van der Waals surface area contributed by atoms with E-state index in [-0.39, 0.29) is 17.8 Å². The lowest BCUT2D eigenvalue weighted by Crippen LogP contribution is -2.16. The SMILES string of the molecule is CC(OC(=O)Nc1n[nH]c(-c2ccc(-c3ccc(CC(=O)O)cc3)cc2)c1C#N)c1ccccc1. The molecule has 1 unspecified atom stereocenters. The maximum atomic E-state index is 12.4. The van der Waals surface area contributed by atoms with Crippen LogP contribution < -0.4 is 5.32 Å². The Kier molecular flexibility index (Phi) is 6.88. The van der Waals surface area contributed by atoms with Crippen molar-refractivity contribution in [2.24, 2.45) is 0 Å². The zero-order valence-electron chi connectivity index (χ0n) is 18.9. The van der Waals surface area contributed by atoms with Crippen LogP contribution in [0.4, 0.5) is 10.6 Å². The number of ether oxygens (including phenoxy) is 1. The molecule has 1 atom stereocenters. The van der Waals surface area contributed by atoms with Crippen LogP contribution in [0, 0.1) is 11.3 Å². The Balaban J connectivity index is 1.47. The Labute approximate surface area is 201 Å². The summed E-state index contributed by atoms with van der Waals surface area (Å²) < 4.78 is 5.40. The summed E-state index contributed by atoms with van der Waals surface area (Å²) in [5.74, 6) is -0.784. The molecule has 0 saturated carbocycles. The molecule has 8 nitrogen and oxygen atoms in total. The summed E-state index contributed by atoms with van der Waals surface area (Å²) in [6.45, 7) is 1.76. The highest BCUT2D eigenvalue weighted by atomic mass is 16.6. The number of carboxylic acid groups (broad SMARTS) is 1. The first-order chi connectivity index (χ1) is 16.9. The van der Waals surface area contributed by atoms with Gasteiger partial charge in [-0.05, 0) is 29.2 Å². The van der Waals surface area contributed by atoms with E-state index < -0.39 is 18.2 Å². The molecule has 0 radical (unpaired) electrons. The largest absolute Gasteiger partial charge is 0.481 e. The van der Waals surface area contributed by atoms with Crippen molar-refractivity contribution in [3.63, 3.8) is 0 Å². The number of hydrogen-bond donors (Lipinski definition) is 3. The third kappa shape index (κ3) is 5.54. The smallest absolute Gasteiger partial charge is 0.413 e. The Bertz CT molecular complexity index is 1370. The summed E-state index contributed by atoms with van der Waals surface area (Å²) in [4.78, 5) is 23.2. The van der Waals surface area contributed by atoms with Crippen molar-refractivity contribution >= 4 is 17.9 Å². The van der Waals surface area contributed by atoms with Gasteiger partial charge in [-0.1, -0.05) is 78.9 Å². The molecule has 0 bridgehead atoms. The van der Waals surface area contributed by atoms with Crippen LogP contribution in [0.1, 0.15) is 29.7 Å². The van der Waals surface area contributed by atoms with Crippen molar-refractivity contribution in [2.45, 2.75) is 19.4 Å². The van der Waals surface area contributed by atoms with Crippen LogP contribution in [-0.4, -0.2) is 27.4 Å². The molecule has 0 fully saturated rings. The first-order valence-corrected chi connectivity index (χ1v) is 10.9. The second-order valence-corrected chi connectivity index (χ2v) is 7.86. The highest BCUT2D eigenvalue weighted by molar-refractivity contribution is 5.88. The monoisotopic (exact) mass is 466 g/mol. The first-order valence-electron chi connectivity index (χ1n) is 10.9. The summed E-state index contributed by atoms with van der Waals surface area (Å²) >= 11 is 0. The molecule has 4 rings (SSSR count). The third-order valence-corrected chi connectivity index (χ3v) is 5.47. The molecule has 1 amide bonds. The lowest BCUT2D eigenvalue weighted by Gasteiger charge is -2.13. The number of amides is 1. The summed E-state index contributed by atoms with van der Waals surface area (Å²) in [7, 11) is 0. The molecule has 1 heterocycles. The lowest BCUT2D eigenvalue weighted by atomic mass is 10.00. The second kappa shape index (κ2) is 10.4. The number of hydrogen-bond acceptors (Lipinski definition) is 5. The number of anilines is 1. The van der Waals surface area contributed by atoms with E-state index in [0.29, 0.717) is 5.69 Å². The first kappa shape index (κ1) is 23.3. The van der Waals surface area contributed by atoms with Gasteiger partial charge in [-0.3, -0.25) is 15.2 Å². The Morgan fingerprint density at radius 3 is 2.20 bits per heavy atom. The zero-order valence-corrected chi connectivity index (χ0v) is 18.9. The summed E-state index contributed by atoms with van der Waals surface area (Å²) in [5.41, 5.74) is 4.84. The molecule has 8 heteroatoms. The van der Waals surface area contributed by atoms with Crippen LogP contribution in [0.2, 0.25) is 0 Å². The molecule has 0 spiro atoms. The van der Waals surface area contributed by atoms with E-state index in [9.17, 15) is 14.9 Å². The Morgan fingerprint density at radius 1 is 1.00 bits per heavy atom.